The smallest absolute Gasteiger partial charge is 0.338 e. The number of ether oxygens (including phenoxy) is 1. The van der Waals surface area contributed by atoms with Gasteiger partial charge in [0.25, 0.3) is 0 Å². The highest BCUT2D eigenvalue weighted by Crippen LogP contribution is 2.17. The minimum Gasteiger partial charge on any atom is -0.468 e. The van der Waals surface area contributed by atoms with Crippen molar-refractivity contribution in [1.82, 2.24) is 4.72 Å². The predicted molar refractivity (Wildman–Crippen MR) is 114 cm³/mol. The van der Waals surface area contributed by atoms with Gasteiger partial charge in [0.15, 0.2) is 5.78 Å². The summed E-state index contributed by atoms with van der Waals surface area (Å²) in [7, 11) is -3.84. The summed E-state index contributed by atoms with van der Waals surface area (Å²) >= 11 is 0. The second-order valence-electron chi connectivity index (χ2n) is 6.91. The van der Waals surface area contributed by atoms with Crippen LogP contribution >= 0.6 is 0 Å². The van der Waals surface area contributed by atoms with E-state index in [1.54, 1.807) is 49.4 Å². The fourth-order valence-corrected chi connectivity index (χ4v) is 3.91. The molecule has 0 spiro atoms. The van der Waals surface area contributed by atoms with Crippen LogP contribution in [-0.2, 0) is 21.3 Å². The Morgan fingerprint density at radius 3 is 2.52 bits per heavy atom. The fraction of sp³-hybridized carbons (Fsp3) is 0.217. The van der Waals surface area contributed by atoms with Crippen molar-refractivity contribution in [3.8, 4) is 0 Å². The number of Topliss-reactive ketones (excluding diaryl/α,β-unsaturated/α-hetero) is 1. The quantitative estimate of drug-likeness (QED) is 0.291. The summed E-state index contributed by atoms with van der Waals surface area (Å²) in [4.78, 5) is 24.5. The maximum absolute atomic E-state index is 12.5. The molecular weight excluding hydrogens is 418 g/mol. The number of ketones is 1. The molecule has 0 amide bonds. The molecular formula is C23H23NO6S. The Hall–Kier alpha value is -3.23. The second kappa shape index (κ2) is 10.2. The van der Waals surface area contributed by atoms with E-state index in [-0.39, 0.29) is 35.8 Å². The number of aryl methyl sites for hydroxylation is 1. The maximum atomic E-state index is 12.5. The van der Waals surface area contributed by atoms with E-state index in [2.05, 4.69) is 4.72 Å². The van der Waals surface area contributed by atoms with Crippen molar-refractivity contribution in [2.24, 2.45) is 0 Å². The molecule has 7 nitrogen and oxygen atoms in total. The molecule has 3 aromatic rings. The lowest BCUT2D eigenvalue weighted by Crippen LogP contribution is -2.23. The summed E-state index contributed by atoms with van der Waals surface area (Å²) in [6.07, 6.45) is 2.08. The van der Waals surface area contributed by atoms with Gasteiger partial charge in [0.1, 0.15) is 5.76 Å². The van der Waals surface area contributed by atoms with Crippen molar-refractivity contribution in [3.63, 3.8) is 0 Å². The third kappa shape index (κ3) is 6.13. The first-order chi connectivity index (χ1) is 14.9. The first-order valence-electron chi connectivity index (χ1n) is 9.75. The van der Waals surface area contributed by atoms with Crippen LogP contribution in [0.4, 0.5) is 0 Å². The van der Waals surface area contributed by atoms with Crippen LogP contribution in [0.2, 0.25) is 0 Å². The first kappa shape index (κ1) is 22.5. The van der Waals surface area contributed by atoms with Gasteiger partial charge in [-0.3, -0.25) is 4.79 Å². The van der Waals surface area contributed by atoms with Gasteiger partial charge in [0.05, 0.1) is 29.9 Å². The average Bonchev–Trinajstić information content (AvgIpc) is 3.29. The van der Waals surface area contributed by atoms with Crippen LogP contribution in [0.15, 0.2) is 76.2 Å². The lowest BCUT2D eigenvalue weighted by atomic mass is 10.1. The molecule has 1 heterocycles. The number of nitrogens with one attached hydrogen (secondary N) is 1. The van der Waals surface area contributed by atoms with Gasteiger partial charge in [-0.25, -0.2) is 17.9 Å². The van der Waals surface area contributed by atoms with E-state index in [0.717, 1.165) is 0 Å². The Balaban J connectivity index is 1.57. The Labute approximate surface area is 181 Å². The number of sulfonamides is 1. The number of carbonyl (C=O) groups excluding carboxylic acids is 2. The normalized spacial score (nSPS) is 11.3. The molecule has 162 valence electrons. The Kier molecular flexibility index (Phi) is 7.38. The number of carbonyl (C=O) groups is 2. The molecule has 0 atom stereocenters. The summed E-state index contributed by atoms with van der Waals surface area (Å²) in [5.74, 6) is -0.184. The van der Waals surface area contributed by atoms with Gasteiger partial charge in [-0.1, -0.05) is 36.4 Å². The van der Waals surface area contributed by atoms with Gasteiger partial charge >= 0.3 is 5.97 Å². The molecule has 2 aromatic carbocycles. The largest absolute Gasteiger partial charge is 0.468 e. The molecule has 0 bridgehead atoms. The number of rotatable bonds is 10. The molecule has 0 saturated heterocycles. The molecule has 8 heteroatoms. The minimum atomic E-state index is -3.84. The summed E-state index contributed by atoms with van der Waals surface area (Å²) < 4.78 is 37.9. The fourth-order valence-electron chi connectivity index (χ4n) is 2.89. The van der Waals surface area contributed by atoms with Gasteiger partial charge in [-0.2, -0.15) is 0 Å². The van der Waals surface area contributed by atoms with Gasteiger partial charge < -0.3 is 9.15 Å². The van der Waals surface area contributed by atoms with Crippen LogP contribution in [0.25, 0.3) is 0 Å². The molecule has 1 N–H and O–H groups in total. The van der Waals surface area contributed by atoms with E-state index in [1.807, 2.05) is 6.07 Å². The van der Waals surface area contributed by atoms with Crippen LogP contribution in [0.1, 0.15) is 44.9 Å². The highest BCUT2D eigenvalue weighted by atomic mass is 32.2. The lowest BCUT2D eigenvalue weighted by molar-refractivity contribution is 0.0493. The second-order valence-corrected chi connectivity index (χ2v) is 8.68. The van der Waals surface area contributed by atoms with Crippen molar-refractivity contribution in [2.45, 2.75) is 31.2 Å². The SMILES string of the molecule is Cc1ccc(S(=O)(=O)NCc2ccco2)cc1C(=O)OCCCC(=O)c1ccccc1. The maximum Gasteiger partial charge on any atom is 0.338 e. The first-order valence-corrected chi connectivity index (χ1v) is 11.2. The van der Waals surface area contributed by atoms with E-state index >= 15 is 0 Å². The molecule has 0 fully saturated rings. The van der Waals surface area contributed by atoms with Crippen LogP contribution in [0.5, 0.6) is 0 Å². The zero-order valence-electron chi connectivity index (χ0n) is 17.0. The molecule has 3 rings (SSSR count). The number of esters is 1. The number of furan rings is 1. The highest BCUT2D eigenvalue weighted by molar-refractivity contribution is 7.89. The Bertz CT molecular complexity index is 1140. The van der Waals surface area contributed by atoms with E-state index < -0.39 is 16.0 Å². The summed E-state index contributed by atoms with van der Waals surface area (Å²) in [5, 5.41) is 0. The molecule has 0 radical (unpaired) electrons. The topological polar surface area (TPSA) is 103 Å². The van der Waals surface area contributed by atoms with Gasteiger partial charge in [-0.05, 0) is 43.2 Å². The van der Waals surface area contributed by atoms with E-state index in [1.165, 1.54) is 18.4 Å². The standard InChI is InChI=1S/C23H23NO6S/c1-17-11-12-20(31(27,28)24-16-19-9-5-13-29-19)15-21(17)23(26)30-14-6-10-22(25)18-7-3-2-4-8-18/h2-5,7-9,11-13,15,24H,6,10,14,16H2,1H3. The van der Waals surface area contributed by atoms with Crippen molar-refractivity contribution in [1.29, 1.82) is 0 Å². The summed E-state index contributed by atoms with van der Waals surface area (Å²) in [6, 6.07) is 16.5. The van der Waals surface area contributed by atoms with Crippen molar-refractivity contribution >= 4 is 21.8 Å². The zero-order valence-corrected chi connectivity index (χ0v) is 17.9. The van der Waals surface area contributed by atoms with Crippen molar-refractivity contribution in [2.75, 3.05) is 6.61 Å². The zero-order chi connectivity index (χ0) is 22.3. The number of hydrogen-bond donors (Lipinski definition) is 1. The Morgan fingerprint density at radius 1 is 1.03 bits per heavy atom. The molecule has 31 heavy (non-hydrogen) atoms. The van der Waals surface area contributed by atoms with E-state index in [4.69, 9.17) is 9.15 Å². The average molecular weight is 442 g/mol. The van der Waals surface area contributed by atoms with Crippen LogP contribution in [-0.4, -0.2) is 26.8 Å². The lowest BCUT2D eigenvalue weighted by Gasteiger charge is -2.10. The molecule has 0 saturated carbocycles. The number of benzene rings is 2. The third-order valence-electron chi connectivity index (χ3n) is 4.63. The summed E-state index contributed by atoms with van der Waals surface area (Å²) in [6.45, 7) is 1.76. The minimum absolute atomic E-state index is 0.00156. The molecule has 0 unspecified atom stereocenters. The molecule has 0 aliphatic heterocycles. The monoisotopic (exact) mass is 441 g/mol. The third-order valence-corrected chi connectivity index (χ3v) is 6.03. The Morgan fingerprint density at radius 2 is 1.81 bits per heavy atom. The van der Waals surface area contributed by atoms with Crippen molar-refractivity contribution in [3.05, 3.63) is 89.4 Å². The molecule has 0 aliphatic carbocycles. The van der Waals surface area contributed by atoms with Gasteiger partial charge in [0, 0.05) is 12.0 Å². The van der Waals surface area contributed by atoms with Crippen LogP contribution in [0, 0.1) is 6.92 Å². The predicted octanol–water partition coefficient (Wildman–Crippen LogP) is 3.89. The molecule has 1 aromatic heterocycles. The van der Waals surface area contributed by atoms with Gasteiger partial charge in [-0.15, -0.1) is 0 Å². The van der Waals surface area contributed by atoms with E-state index in [9.17, 15) is 18.0 Å². The van der Waals surface area contributed by atoms with Crippen LogP contribution < -0.4 is 4.72 Å². The molecule has 0 aliphatic rings. The summed E-state index contributed by atoms with van der Waals surface area (Å²) in [5.41, 5.74) is 1.37. The van der Waals surface area contributed by atoms with E-state index in [0.29, 0.717) is 23.3 Å². The van der Waals surface area contributed by atoms with Gasteiger partial charge in [0.2, 0.25) is 10.0 Å². The number of hydrogen-bond acceptors (Lipinski definition) is 6. The van der Waals surface area contributed by atoms with Crippen molar-refractivity contribution < 1.29 is 27.2 Å². The highest BCUT2D eigenvalue weighted by Gasteiger charge is 2.19. The van der Waals surface area contributed by atoms with Crippen LogP contribution in [0.3, 0.4) is 0 Å².